The number of rotatable bonds is 15. The van der Waals surface area contributed by atoms with Crippen molar-refractivity contribution in [1.29, 1.82) is 0 Å². The summed E-state index contributed by atoms with van der Waals surface area (Å²) in [7, 11) is 3.51. The molecule has 0 spiro atoms. The van der Waals surface area contributed by atoms with E-state index in [0.29, 0.717) is 49.5 Å². The van der Waals surface area contributed by atoms with Crippen LogP contribution in [-0.4, -0.2) is 101 Å². The lowest BCUT2D eigenvalue weighted by molar-refractivity contribution is -0.135. The summed E-state index contributed by atoms with van der Waals surface area (Å²) in [5, 5.41) is 20.6. The van der Waals surface area contributed by atoms with E-state index in [1.54, 1.807) is 24.9 Å². The van der Waals surface area contributed by atoms with Gasteiger partial charge in [0.15, 0.2) is 11.3 Å². The number of likely N-dealkylation sites (tertiary alicyclic amines) is 1. The molecule has 4 aromatic heterocycles. The van der Waals surface area contributed by atoms with Crippen LogP contribution >= 0.6 is 0 Å². The summed E-state index contributed by atoms with van der Waals surface area (Å²) >= 11 is 0. The zero-order valence-corrected chi connectivity index (χ0v) is 33.5. The first kappa shape index (κ1) is 39.7. The highest BCUT2D eigenvalue weighted by Crippen LogP contribution is 2.30. The van der Waals surface area contributed by atoms with Crippen LogP contribution in [0.25, 0.3) is 27.9 Å². The number of piperidine rings is 2. The number of aryl methyl sites for hydroxylation is 2. The van der Waals surface area contributed by atoms with Gasteiger partial charge in [0, 0.05) is 58.3 Å². The number of imidazole rings is 2. The first-order valence-corrected chi connectivity index (χ1v) is 20.7. The maximum Gasteiger partial charge on any atom is 0.329 e. The van der Waals surface area contributed by atoms with E-state index < -0.39 is 30.1 Å². The number of halogens is 1. The van der Waals surface area contributed by atoms with Crippen LogP contribution in [0.2, 0.25) is 0 Å². The van der Waals surface area contributed by atoms with Crippen molar-refractivity contribution in [3.8, 4) is 11.3 Å². The van der Waals surface area contributed by atoms with Crippen LogP contribution < -0.4 is 27.0 Å². The van der Waals surface area contributed by atoms with Gasteiger partial charge in [-0.25, -0.2) is 23.5 Å². The van der Waals surface area contributed by atoms with Gasteiger partial charge in [-0.05, 0) is 56.2 Å². The Hall–Kier alpha value is -6.07. The maximum absolute atomic E-state index is 13.4. The van der Waals surface area contributed by atoms with Gasteiger partial charge in [-0.15, -0.1) is 0 Å². The van der Waals surface area contributed by atoms with Gasteiger partial charge >= 0.3 is 11.7 Å². The zero-order chi connectivity index (χ0) is 41.2. The monoisotopic (exact) mass is 810 g/mol. The van der Waals surface area contributed by atoms with Gasteiger partial charge in [0.1, 0.15) is 12.2 Å². The van der Waals surface area contributed by atoms with E-state index in [1.807, 2.05) is 40.0 Å². The molecule has 2 aliphatic heterocycles. The van der Waals surface area contributed by atoms with Crippen molar-refractivity contribution >= 4 is 46.1 Å². The Bertz CT molecular complexity index is 2440. The van der Waals surface area contributed by atoms with Crippen LogP contribution in [0.1, 0.15) is 98.8 Å². The van der Waals surface area contributed by atoms with Crippen molar-refractivity contribution in [2.24, 2.45) is 7.05 Å². The number of alkyl halides is 1. The van der Waals surface area contributed by atoms with Crippen molar-refractivity contribution in [3.05, 3.63) is 64.6 Å². The molecule has 5 aromatic rings. The third-order valence-electron chi connectivity index (χ3n) is 11.9. The first-order valence-electron chi connectivity index (χ1n) is 20.7. The third kappa shape index (κ3) is 8.29. The SMILES string of the molecule is CNc1cc(-c2cnn(C3CCN(C(=O)NCCCCCCCCc4cccc5c4n(C)c(=O)n5C4CCC(=O)NC4=O)CC3)c2)nn2c(C(=O)N[C@@H]3C[C@@H]3F)cnc12. The van der Waals surface area contributed by atoms with E-state index in [-0.39, 0.29) is 35.8 Å². The minimum Gasteiger partial charge on any atom is -0.385 e. The molecule has 1 aromatic carbocycles. The van der Waals surface area contributed by atoms with Crippen molar-refractivity contribution in [2.75, 3.05) is 32.0 Å². The first-order chi connectivity index (χ1) is 28.6. The highest BCUT2D eigenvalue weighted by molar-refractivity contribution is 6.00. The fraction of sp³-hybridized carbons (Fsp3) is 0.512. The normalized spacial score (nSPS) is 19.6. The standard InChI is InChI=1S/C41H51FN12O5/c1-43-31-21-29(49-54-34(23-45-37(31)54)39(57)47-30-20-28(30)42)26-22-46-52(24-26)27-15-18-51(19-16-27)40(58)44-17-8-6-4-3-5-7-10-25-11-9-12-32-36(25)50(2)41(59)53(32)33-13-14-35(55)48-38(33)56/h9,11-12,21-24,27-28,30,33,43H,3-8,10,13-20H2,1-2H3,(H,44,58)(H,47,57)(H,48,55,56)/t28-,30+,33?/m0/s1. The molecule has 0 bridgehead atoms. The minimum atomic E-state index is -1.01. The molecule has 59 heavy (non-hydrogen) atoms. The quantitative estimate of drug-likeness (QED) is 0.0892. The van der Waals surface area contributed by atoms with Crippen LogP contribution in [0.3, 0.4) is 0 Å². The van der Waals surface area contributed by atoms with Crippen LogP contribution in [0.5, 0.6) is 0 Å². The number of hydrogen-bond acceptors (Lipinski definition) is 9. The predicted octanol–water partition coefficient (Wildman–Crippen LogP) is 4.04. The van der Waals surface area contributed by atoms with Gasteiger partial charge < -0.3 is 20.9 Å². The number of carbonyl (C=O) groups excluding carboxylic acids is 4. The smallest absolute Gasteiger partial charge is 0.329 e. The average Bonchev–Trinajstić information content (AvgIpc) is 3.56. The molecule has 17 nitrogen and oxygen atoms in total. The fourth-order valence-corrected chi connectivity index (χ4v) is 8.41. The molecule has 3 atom stereocenters. The highest BCUT2D eigenvalue weighted by Gasteiger charge is 2.39. The molecule has 312 valence electrons. The topological polar surface area (TPSA) is 195 Å². The second-order valence-corrected chi connectivity index (χ2v) is 15.9. The molecule has 18 heteroatoms. The van der Waals surface area contributed by atoms with Crippen molar-refractivity contribution < 1.29 is 23.6 Å². The molecule has 5 amide bonds. The number of unbranched alkanes of at least 4 members (excludes halogenated alkanes) is 5. The van der Waals surface area contributed by atoms with Crippen LogP contribution in [-0.2, 0) is 23.1 Å². The molecule has 4 N–H and O–H groups in total. The number of nitrogens with zero attached hydrogens (tertiary/aromatic N) is 8. The van der Waals surface area contributed by atoms with E-state index in [2.05, 4.69) is 31.3 Å². The van der Waals surface area contributed by atoms with Gasteiger partial charge in [-0.3, -0.25) is 33.5 Å². The number of para-hydroxylation sites is 1. The van der Waals surface area contributed by atoms with E-state index in [9.17, 15) is 28.4 Å². The number of hydrogen-bond donors (Lipinski definition) is 4. The Labute approximate surface area is 339 Å². The summed E-state index contributed by atoms with van der Waals surface area (Å²) in [6.45, 7) is 1.87. The molecule has 6 heterocycles. The molecule has 2 saturated heterocycles. The largest absolute Gasteiger partial charge is 0.385 e. The van der Waals surface area contributed by atoms with Crippen molar-refractivity contribution in [1.82, 2.24) is 54.4 Å². The van der Waals surface area contributed by atoms with Crippen molar-refractivity contribution in [2.45, 2.75) is 101 Å². The molecular weight excluding hydrogens is 760 g/mol. The van der Waals surface area contributed by atoms with E-state index in [1.165, 1.54) is 15.3 Å². The Kier molecular flexibility index (Phi) is 11.5. The van der Waals surface area contributed by atoms with Gasteiger partial charge in [0.05, 0.1) is 46.9 Å². The Morgan fingerprint density at radius 2 is 1.76 bits per heavy atom. The summed E-state index contributed by atoms with van der Waals surface area (Å²) in [5.41, 5.74) is 5.18. The number of benzene rings is 1. The zero-order valence-electron chi connectivity index (χ0n) is 33.5. The molecule has 3 fully saturated rings. The number of fused-ring (bicyclic) bond motifs is 2. The summed E-state index contributed by atoms with van der Waals surface area (Å²) < 4.78 is 20.0. The number of nitrogens with one attached hydrogen (secondary N) is 4. The Balaban J connectivity index is 0.747. The minimum absolute atomic E-state index is 0.0411. The van der Waals surface area contributed by atoms with Crippen LogP contribution in [0, 0.1) is 0 Å². The molecule has 0 radical (unpaired) electrons. The fourth-order valence-electron chi connectivity index (χ4n) is 8.41. The summed E-state index contributed by atoms with van der Waals surface area (Å²) in [6, 6.07) is 6.62. The molecule has 1 unspecified atom stereocenters. The number of carbonyl (C=O) groups is 4. The van der Waals surface area contributed by atoms with E-state index >= 15 is 0 Å². The number of aromatic nitrogens is 7. The maximum atomic E-state index is 13.4. The van der Waals surface area contributed by atoms with Crippen LogP contribution in [0.15, 0.2) is 47.7 Å². The molecule has 3 aliphatic rings. The highest BCUT2D eigenvalue weighted by atomic mass is 19.1. The molecular formula is C41H51FN12O5. The number of imide groups is 1. The van der Waals surface area contributed by atoms with Gasteiger partial charge in [0.2, 0.25) is 11.8 Å². The Morgan fingerprint density at radius 1 is 1.00 bits per heavy atom. The molecule has 1 saturated carbocycles. The van der Waals surface area contributed by atoms with Crippen LogP contribution in [0.4, 0.5) is 14.9 Å². The summed E-state index contributed by atoms with van der Waals surface area (Å²) in [4.78, 5) is 69.5. The lowest BCUT2D eigenvalue weighted by Crippen LogP contribution is -2.45. The van der Waals surface area contributed by atoms with Crippen molar-refractivity contribution in [3.63, 3.8) is 0 Å². The number of amides is 5. The number of anilines is 1. The molecule has 8 rings (SSSR count). The van der Waals surface area contributed by atoms with Gasteiger partial charge in [0.25, 0.3) is 5.91 Å². The third-order valence-corrected chi connectivity index (χ3v) is 11.9. The van der Waals surface area contributed by atoms with Gasteiger partial charge in [-0.1, -0.05) is 37.8 Å². The predicted molar refractivity (Wildman–Crippen MR) is 218 cm³/mol. The summed E-state index contributed by atoms with van der Waals surface area (Å²) in [5.74, 6) is -1.16. The lowest BCUT2D eigenvalue weighted by atomic mass is 10.0. The second kappa shape index (κ2) is 17.0. The van der Waals surface area contributed by atoms with E-state index in [4.69, 9.17) is 5.10 Å². The summed E-state index contributed by atoms with van der Waals surface area (Å²) in [6.07, 6.45) is 13.4. The second-order valence-electron chi connectivity index (χ2n) is 15.9. The number of urea groups is 1. The lowest BCUT2D eigenvalue weighted by Gasteiger charge is -2.32. The molecule has 1 aliphatic carbocycles. The Morgan fingerprint density at radius 3 is 2.51 bits per heavy atom. The average molecular weight is 811 g/mol. The van der Waals surface area contributed by atoms with E-state index in [0.717, 1.165) is 79.9 Å². The van der Waals surface area contributed by atoms with Gasteiger partial charge in [-0.2, -0.15) is 10.2 Å².